The molecule has 1 fully saturated rings. The summed E-state index contributed by atoms with van der Waals surface area (Å²) in [5, 5.41) is 0.725. The van der Waals surface area contributed by atoms with Crippen molar-refractivity contribution in [1.29, 1.82) is 0 Å². The van der Waals surface area contributed by atoms with Crippen molar-refractivity contribution in [2.45, 2.75) is 38.4 Å². The highest BCUT2D eigenvalue weighted by atomic mass is 35.5. The number of likely N-dealkylation sites (tertiary alicyclic amines) is 1. The first-order chi connectivity index (χ1) is 13.7. The number of nitrogens with zero attached hydrogens (tertiary/aromatic N) is 1. The van der Waals surface area contributed by atoms with E-state index >= 15 is 0 Å². The van der Waals surface area contributed by atoms with E-state index in [-0.39, 0.29) is 18.2 Å². The van der Waals surface area contributed by atoms with E-state index in [0.717, 1.165) is 48.6 Å². The average Bonchev–Trinajstić information content (AvgIpc) is 2.73. The third kappa shape index (κ3) is 5.81. The number of benzene rings is 2. The van der Waals surface area contributed by atoms with Gasteiger partial charge in [-0.25, -0.2) is 0 Å². The molecule has 1 unspecified atom stereocenters. The molecule has 2 aromatic carbocycles. The van der Waals surface area contributed by atoms with Gasteiger partial charge in [-0.1, -0.05) is 60.1 Å². The Hall–Kier alpha value is -1.88. The fourth-order valence-electron chi connectivity index (χ4n) is 3.59. The van der Waals surface area contributed by atoms with Crippen LogP contribution in [-0.4, -0.2) is 43.2 Å². The molecular formula is C23H28ClNO3. The van der Waals surface area contributed by atoms with Crippen molar-refractivity contribution in [3.63, 3.8) is 0 Å². The Labute approximate surface area is 172 Å². The van der Waals surface area contributed by atoms with Gasteiger partial charge in [0.25, 0.3) is 0 Å². The van der Waals surface area contributed by atoms with Crippen molar-refractivity contribution in [1.82, 2.24) is 4.90 Å². The number of halogens is 1. The minimum absolute atomic E-state index is 0.122. The molecule has 150 valence electrons. The molecule has 1 atom stereocenters. The zero-order chi connectivity index (χ0) is 19.8. The molecule has 1 heterocycles. The monoisotopic (exact) mass is 401 g/mol. The molecule has 0 aromatic heterocycles. The van der Waals surface area contributed by atoms with Gasteiger partial charge in [0.1, 0.15) is 6.10 Å². The zero-order valence-electron chi connectivity index (χ0n) is 16.4. The first-order valence-electron chi connectivity index (χ1n) is 10.00. The van der Waals surface area contributed by atoms with Gasteiger partial charge in [-0.15, -0.1) is 0 Å². The van der Waals surface area contributed by atoms with Crippen molar-refractivity contribution in [2.75, 3.05) is 26.2 Å². The van der Waals surface area contributed by atoms with Gasteiger partial charge in [0.05, 0.1) is 19.1 Å². The number of carbonyl (C=O) groups is 1. The van der Waals surface area contributed by atoms with Crippen molar-refractivity contribution in [2.24, 2.45) is 0 Å². The highest BCUT2D eigenvalue weighted by molar-refractivity contribution is 6.31. The van der Waals surface area contributed by atoms with E-state index in [0.29, 0.717) is 13.0 Å². The predicted molar refractivity (Wildman–Crippen MR) is 112 cm³/mol. The number of ether oxygens (including phenoxy) is 2. The van der Waals surface area contributed by atoms with Crippen LogP contribution in [0, 0.1) is 0 Å². The van der Waals surface area contributed by atoms with E-state index in [1.807, 2.05) is 49.4 Å². The van der Waals surface area contributed by atoms with Crippen molar-refractivity contribution in [3.8, 4) is 0 Å². The summed E-state index contributed by atoms with van der Waals surface area (Å²) in [7, 11) is 0. The summed E-state index contributed by atoms with van der Waals surface area (Å²) in [6.45, 7) is 4.88. The van der Waals surface area contributed by atoms with Gasteiger partial charge in [-0.05, 0) is 31.4 Å². The van der Waals surface area contributed by atoms with E-state index in [1.54, 1.807) is 0 Å². The van der Waals surface area contributed by atoms with Crippen LogP contribution < -0.4 is 0 Å². The molecule has 0 saturated carbocycles. The maximum Gasteiger partial charge on any atom is 0.307 e. The SMILES string of the molecule is CCOC(=O)CCN1CCC(OC(c2ccccc2)c2ccccc2Cl)CC1. The fraction of sp³-hybridized carbons (Fsp3) is 0.435. The van der Waals surface area contributed by atoms with E-state index in [2.05, 4.69) is 17.0 Å². The molecule has 0 amide bonds. The third-order valence-electron chi connectivity index (χ3n) is 5.09. The maximum absolute atomic E-state index is 11.6. The second-order valence-corrected chi connectivity index (χ2v) is 7.45. The molecule has 0 radical (unpaired) electrons. The van der Waals surface area contributed by atoms with E-state index in [1.165, 1.54) is 0 Å². The molecule has 0 N–H and O–H groups in total. The summed E-state index contributed by atoms with van der Waals surface area (Å²) >= 11 is 6.47. The average molecular weight is 402 g/mol. The molecule has 1 aliphatic rings. The Morgan fingerprint density at radius 1 is 1.11 bits per heavy atom. The van der Waals surface area contributed by atoms with E-state index < -0.39 is 0 Å². The Balaban J connectivity index is 1.60. The van der Waals surface area contributed by atoms with E-state index in [9.17, 15) is 4.79 Å². The summed E-state index contributed by atoms with van der Waals surface area (Å²) in [5.74, 6) is -0.122. The van der Waals surface area contributed by atoms with Crippen LogP contribution >= 0.6 is 11.6 Å². The topological polar surface area (TPSA) is 38.8 Å². The molecule has 5 heteroatoms. The Kier molecular flexibility index (Phi) is 7.90. The molecule has 0 spiro atoms. The number of hydrogen-bond donors (Lipinski definition) is 0. The molecular weight excluding hydrogens is 374 g/mol. The van der Waals surface area contributed by atoms with E-state index in [4.69, 9.17) is 21.1 Å². The molecule has 0 bridgehead atoms. The standard InChI is InChI=1S/C23H28ClNO3/c1-2-27-22(26)14-17-25-15-12-19(13-16-25)28-23(18-8-4-3-5-9-18)20-10-6-7-11-21(20)24/h3-11,19,23H,2,12-17H2,1H3. The lowest BCUT2D eigenvalue weighted by Gasteiger charge is -2.34. The second-order valence-electron chi connectivity index (χ2n) is 7.04. The molecule has 3 rings (SSSR count). The Morgan fingerprint density at radius 3 is 2.46 bits per heavy atom. The van der Waals surface area contributed by atoms with Crippen LogP contribution in [0.15, 0.2) is 54.6 Å². The number of piperidine rings is 1. The number of carbonyl (C=O) groups excluding carboxylic acids is 1. The lowest BCUT2D eigenvalue weighted by Crippen LogP contribution is -2.38. The molecule has 0 aliphatic carbocycles. The minimum atomic E-state index is -0.175. The maximum atomic E-state index is 11.6. The first kappa shape index (κ1) is 20.8. The van der Waals surface area contributed by atoms with Crippen LogP contribution in [0.4, 0.5) is 0 Å². The highest BCUT2D eigenvalue weighted by Crippen LogP contribution is 2.33. The first-order valence-corrected chi connectivity index (χ1v) is 10.4. The highest BCUT2D eigenvalue weighted by Gasteiger charge is 2.26. The molecule has 4 nitrogen and oxygen atoms in total. The number of esters is 1. The predicted octanol–water partition coefficient (Wildman–Crippen LogP) is 4.86. The van der Waals surface area contributed by atoms with Crippen molar-refractivity contribution < 1.29 is 14.3 Å². The lowest BCUT2D eigenvalue weighted by atomic mass is 10.00. The summed E-state index contributed by atoms with van der Waals surface area (Å²) < 4.78 is 11.6. The molecule has 2 aromatic rings. The summed E-state index contributed by atoms with van der Waals surface area (Å²) in [6.07, 6.45) is 2.32. The van der Waals surface area contributed by atoms with Crippen molar-refractivity contribution in [3.05, 3.63) is 70.7 Å². The van der Waals surface area contributed by atoms with Gasteiger partial charge in [0.2, 0.25) is 0 Å². The number of hydrogen-bond acceptors (Lipinski definition) is 4. The molecule has 1 saturated heterocycles. The van der Waals surface area contributed by atoms with Crippen LogP contribution in [0.5, 0.6) is 0 Å². The van der Waals surface area contributed by atoms with Crippen LogP contribution in [-0.2, 0) is 14.3 Å². The second kappa shape index (κ2) is 10.6. The summed E-state index contributed by atoms with van der Waals surface area (Å²) in [5.41, 5.74) is 2.11. The van der Waals surface area contributed by atoms with Gasteiger partial charge in [-0.2, -0.15) is 0 Å². The van der Waals surface area contributed by atoms with Crippen molar-refractivity contribution >= 4 is 17.6 Å². The summed E-state index contributed by atoms with van der Waals surface area (Å²) in [4.78, 5) is 13.9. The quantitative estimate of drug-likeness (QED) is 0.592. The van der Waals surface area contributed by atoms with Crippen LogP contribution in [0.3, 0.4) is 0 Å². The Morgan fingerprint density at radius 2 is 1.79 bits per heavy atom. The van der Waals surface area contributed by atoms with Gasteiger partial charge in [0.15, 0.2) is 0 Å². The largest absolute Gasteiger partial charge is 0.466 e. The van der Waals surface area contributed by atoms with Crippen LogP contribution in [0.2, 0.25) is 5.02 Å². The number of rotatable bonds is 8. The van der Waals surface area contributed by atoms with Crippen LogP contribution in [0.1, 0.15) is 43.4 Å². The van der Waals surface area contributed by atoms with Gasteiger partial charge in [-0.3, -0.25) is 4.79 Å². The van der Waals surface area contributed by atoms with Gasteiger partial charge < -0.3 is 14.4 Å². The van der Waals surface area contributed by atoms with Gasteiger partial charge in [0, 0.05) is 30.2 Å². The Bertz CT molecular complexity index is 745. The van der Waals surface area contributed by atoms with Gasteiger partial charge >= 0.3 is 5.97 Å². The smallest absolute Gasteiger partial charge is 0.307 e. The zero-order valence-corrected chi connectivity index (χ0v) is 17.1. The minimum Gasteiger partial charge on any atom is -0.466 e. The third-order valence-corrected chi connectivity index (χ3v) is 5.43. The lowest BCUT2D eigenvalue weighted by molar-refractivity contribution is -0.143. The molecule has 28 heavy (non-hydrogen) atoms. The summed E-state index contributed by atoms with van der Waals surface area (Å²) in [6, 6.07) is 18.1. The fourth-order valence-corrected chi connectivity index (χ4v) is 3.83. The van der Waals surface area contributed by atoms with Crippen LogP contribution in [0.25, 0.3) is 0 Å². The normalized spacial score (nSPS) is 16.6. The molecule has 1 aliphatic heterocycles.